The quantitative estimate of drug-likeness (QED) is 0.779. The molecule has 1 saturated heterocycles. The van der Waals surface area contributed by atoms with Crippen molar-refractivity contribution in [3.8, 4) is 0 Å². The molecule has 8 nitrogen and oxygen atoms in total. The molecule has 2 aromatic rings. The van der Waals surface area contributed by atoms with Crippen LogP contribution in [0, 0.1) is 0 Å². The number of fused-ring (bicyclic) bond motifs is 1. The zero-order valence-electron chi connectivity index (χ0n) is 18.9. The highest BCUT2D eigenvalue weighted by Gasteiger charge is 2.28. The number of benzene rings is 1. The summed E-state index contributed by atoms with van der Waals surface area (Å²) in [5, 5.41) is 7.41. The van der Waals surface area contributed by atoms with Gasteiger partial charge in [-0.2, -0.15) is 5.10 Å². The summed E-state index contributed by atoms with van der Waals surface area (Å²) in [5.74, 6) is -0.0407. The van der Waals surface area contributed by atoms with E-state index in [1.165, 1.54) is 13.3 Å². The molecule has 1 aromatic carbocycles. The number of aryl methyl sites for hydroxylation is 2. The molecule has 4 rings (SSSR count). The third kappa shape index (κ3) is 4.84. The van der Waals surface area contributed by atoms with Crippen molar-refractivity contribution in [3.05, 3.63) is 46.8 Å². The lowest BCUT2D eigenvalue weighted by molar-refractivity contribution is -0.132. The topological polar surface area (TPSA) is 87.5 Å². The van der Waals surface area contributed by atoms with Crippen LogP contribution in [-0.4, -0.2) is 56.9 Å². The summed E-state index contributed by atoms with van der Waals surface area (Å²) in [6, 6.07) is 7.02. The van der Waals surface area contributed by atoms with Crippen LogP contribution in [0.4, 0.5) is 5.69 Å². The number of hydrogen-bond acceptors (Lipinski definition) is 4. The molecular weight excluding hydrogens is 406 g/mol. The lowest BCUT2D eigenvalue weighted by atomic mass is 10.0. The van der Waals surface area contributed by atoms with Gasteiger partial charge >= 0.3 is 0 Å². The van der Waals surface area contributed by atoms with Crippen molar-refractivity contribution in [1.29, 1.82) is 0 Å². The van der Waals surface area contributed by atoms with E-state index in [4.69, 9.17) is 0 Å². The Balaban J connectivity index is 1.45. The number of aromatic nitrogens is 2. The Morgan fingerprint density at radius 2 is 1.84 bits per heavy atom. The molecule has 8 heteroatoms. The van der Waals surface area contributed by atoms with Crippen LogP contribution in [0.5, 0.6) is 0 Å². The third-order valence-corrected chi connectivity index (χ3v) is 6.33. The second kappa shape index (κ2) is 9.54. The van der Waals surface area contributed by atoms with E-state index in [1.807, 2.05) is 21.5 Å². The van der Waals surface area contributed by atoms with Gasteiger partial charge in [-0.25, -0.2) is 0 Å². The minimum absolute atomic E-state index is 0.0675. The van der Waals surface area contributed by atoms with Crippen molar-refractivity contribution in [2.24, 2.45) is 7.05 Å². The van der Waals surface area contributed by atoms with Gasteiger partial charge in [0.25, 0.3) is 5.91 Å². The average molecular weight is 438 g/mol. The number of hydrogen-bond donors (Lipinski definition) is 1. The lowest BCUT2D eigenvalue weighted by Crippen LogP contribution is -2.37. The number of amides is 3. The molecule has 2 aliphatic heterocycles. The van der Waals surface area contributed by atoms with Crippen molar-refractivity contribution < 1.29 is 14.4 Å². The van der Waals surface area contributed by atoms with Gasteiger partial charge in [-0.05, 0) is 37.5 Å². The molecule has 170 valence electrons. The molecule has 0 radical (unpaired) electrons. The van der Waals surface area contributed by atoms with Crippen LogP contribution in [0.3, 0.4) is 0 Å². The predicted octanol–water partition coefficient (Wildman–Crippen LogP) is 2.52. The fraction of sp³-hybridized carbons (Fsp3) is 0.500. The van der Waals surface area contributed by atoms with E-state index in [-0.39, 0.29) is 17.7 Å². The minimum Gasteiger partial charge on any atom is -0.343 e. The number of nitrogens with one attached hydrogen (secondary N) is 1. The van der Waals surface area contributed by atoms with Gasteiger partial charge in [-0.15, -0.1) is 0 Å². The molecule has 3 amide bonds. The molecule has 1 fully saturated rings. The number of anilines is 1. The van der Waals surface area contributed by atoms with Crippen LogP contribution in [0.15, 0.2) is 24.3 Å². The minimum atomic E-state index is -0.170. The molecule has 0 saturated carbocycles. The smallest absolute Gasteiger partial charge is 0.254 e. The number of piperidine rings is 1. The van der Waals surface area contributed by atoms with Crippen molar-refractivity contribution >= 4 is 23.4 Å². The maximum absolute atomic E-state index is 13.2. The fourth-order valence-corrected chi connectivity index (χ4v) is 4.69. The summed E-state index contributed by atoms with van der Waals surface area (Å²) in [5.41, 5.74) is 4.28. The van der Waals surface area contributed by atoms with Crippen molar-refractivity contribution in [2.45, 2.75) is 52.0 Å². The first-order valence-electron chi connectivity index (χ1n) is 11.4. The van der Waals surface area contributed by atoms with Gasteiger partial charge in [0.05, 0.1) is 5.69 Å². The van der Waals surface area contributed by atoms with Crippen molar-refractivity contribution in [2.75, 3.05) is 25.0 Å². The van der Waals surface area contributed by atoms with E-state index in [0.717, 1.165) is 49.3 Å². The lowest BCUT2D eigenvalue weighted by Gasteiger charge is -2.28. The van der Waals surface area contributed by atoms with Gasteiger partial charge in [0.15, 0.2) is 0 Å². The average Bonchev–Trinajstić information content (AvgIpc) is 3.12. The summed E-state index contributed by atoms with van der Waals surface area (Å²) in [4.78, 5) is 40.9. The van der Waals surface area contributed by atoms with Gasteiger partial charge in [0.2, 0.25) is 11.8 Å². The Labute approximate surface area is 188 Å². The largest absolute Gasteiger partial charge is 0.343 e. The Bertz CT molecular complexity index is 1020. The molecule has 0 bridgehead atoms. The van der Waals surface area contributed by atoms with Crippen LogP contribution in [0.2, 0.25) is 0 Å². The Morgan fingerprint density at radius 3 is 2.59 bits per heavy atom. The van der Waals surface area contributed by atoms with Gasteiger partial charge in [-0.3, -0.25) is 19.1 Å². The Hall–Kier alpha value is -3.16. The highest BCUT2D eigenvalue weighted by atomic mass is 16.2. The molecule has 32 heavy (non-hydrogen) atoms. The normalized spacial score (nSPS) is 15.9. The van der Waals surface area contributed by atoms with E-state index < -0.39 is 0 Å². The Kier molecular flexibility index (Phi) is 6.58. The summed E-state index contributed by atoms with van der Waals surface area (Å²) in [6.07, 6.45) is 5.16. The molecule has 1 N–H and O–H groups in total. The summed E-state index contributed by atoms with van der Waals surface area (Å²) >= 11 is 0. The van der Waals surface area contributed by atoms with Gasteiger partial charge in [0.1, 0.15) is 0 Å². The Morgan fingerprint density at radius 1 is 1.06 bits per heavy atom. The maximum atomic E-state index is 13.2. The highest BCUT2D eigenvalue weighted by Crippen LogP contribution is 2.25. The number of carbonyl (C=O) groups excluding carboxylic acids is 3. The number of nitrogens with zero attached hydrogens (tertiary/aromatic N) is 4. The number of carbonyl (C=O) groups is 3. The van der Waals surface area contributed by atoms with Crippen LogP contribution < -0.4 is 5.32 Å². The summed E-state index contributed by atoms with van der Waals surface area (Å²) in [7, 11) is 1.93. The SMILES string of the molecule is CC(=O)Nc1cccc(C(=O)N2CCc3c(c(CCC(=O)N4CCCCC4)nn3C)C2)c1. The first-order chi connectivity index (χ1) is 15.4. The van der Waals surface area contributed by atoms with E-state index in [0.29, 0.717) is 37.2 Å². The summed E-state index contributed by atoms with van der Waals surface area (Å²) < 4.78 is 1.90. The monoisotopic (exact) mass is 437 g/mol. The van der Waals surface area contributed by atoms with Gasteiger partial charge in [0, 0.05) is 81.9 Å². The van der Waals surface area contributed by atoms with E-state index >= 15 is 0 Å². The predicted molar refractivity (Wildman–Crippen MR) is 121 cm³/mol. The zero-order chi connectivity index (χ0) is 22.7. The standard InChI is InChI=1S/C24H31N5O3/c1-17(30)25-19-8-6-7-18(15-19)24(32)29-14-11-22-20(16-29)21(26-27(22)2)9-10-23(31)28-12-4-3-5-13-28/h6-8,15H,3-5,9-14,16H2,1-2H3,(H,25,30). The van der Waals surface area contributed by atoms with Crippen LogP contribution >= 0.6 is 0 Å². The molecule has 0 aliphatic carbocycles. The van der Waals surface area contributed by atoms with Crippen molar-refractivity contribution in [3.63, 3.8) is 0 Å². The molecule has 3 heterocycles. The van der Waals surface area contributed by atoms with Crippen LogP contribution in [0.1, 0.15) is 59.9 Å². The number of rotatable bonds is 5. The molecule has 1 aromatic heterocycles. The fourth-order valence-electron chi connectivity index (χ4n) is 4.69. The summed E-state index contributed by atoms with van der Waals surface area (Å²) in [6.45, 7) is 4.26. The van der Waals surface area contributed by atoms with E-state index in [1.54, 1.807) is 24.3 Å². The maximum Gasteiger partial charge on any atom is 0.254 e. The first kappa shape index (κ1) is 22.0. The van der Waals surface area contributed by atoms with Crippen molar-refractivity contribution in [1.82, 2.24) is 19.6 Å². The van der Waals surface area contributed by atoms with E-state index in [2.05, 4.69) is 10.4 Å². The van der Waals surface area contributed by atoms with Gasteiger partial charge < -0.3 is 15.1 Å². The second-order valence-electron chi connectivity index (χ2n) is 8.68. The second-order valence-corrected chi connectivity index (χ2v) is 8.68. The molecule has 0 atom stereocenters. The van der Waals surface area contributed by atoms with E-state index in [9.17, 15) is 14.4 Å². The molecule has 0 unspecified atom stereocenters. The van der Waals surface area contributed by atoms with Gasteiger partial charge in [-0.1, -0.05) is 6.07 Å². The van der Waals surface area contributed by atoms with Crippen LogP contribution in [0.25, 0.3) is 0 Å². The third-order valence-electron chi connectivity index (χ3n) is 6.33. The highest BCUT2D eigenvalue weighted by molar-refractivity contribution is 5.97. The van der Waals surface area contributed by atoms with Crippen LogP contribution in [-0.2, 0) is 36.0 Å². The zero-order valence-corrected chi connectivity index (χ0v) is 18.9. The first-order valence-corrected chi connectivity index (χ1v) is 11.4. The molecule has 0 spiro atoms. The molecule has 2 aliphatic rings. The molecular formula is C24H31N5O3. The number of likely N-dealkylation sites (tertiary alicyclic amines) is 1.